The average molecular weight is 433 g/mol. The smallest absolute Gasteiger partial charge is 0.139 e. The number of aryl methyl sites for hydroxylation is 1. The molecule has 0 saturated carbocycles. The fourth-order valence-corrected chi connectivity index (χ4v) is 4.52. The molecule has 5 rings (SSSR count). The van der Waals surface area contributed by atoms with E-state index in [2.05, 4.69) is 20.3 Å². The monoisotopic (exact) mass is 433 g/mol. The van der Waals surface area contributed by atoms with Crippen LogP contribution in [0.5, 0.6) is 0 Å². The molecule has 0 bridgehead atoms. The van der Waals surface area contributed by atoms with Crippen LogP contribution in [0.3, 0.4) is 0 Å². The zero-order valence-corrected chi connectivity index (χ0v) is 17.3. The molecular weight excluding hydrogens is 416 g/mol. The molecule has 1 atom stereocenters. The summed E-state index contributed by atoms with van der Waals surface area (Å²) < 4.78 is 30.0. The van der Waals surface area contributed by atoms with Crippen molar-refractivity contribution < 1.29 is 8.78 Å². The highest BCUT2D eigenvalue weighted by Gasteiger charge is 2.24. The minimum atomic E-state index is -0.569. The highest BCUT2D eigenvalue weighted by Crippen LogP contribution is 2.38. The summed E-state index contributed by atoms with van der Waals surface area (Å²) in [6, 6.07) is 12.3. The Morgan fingerprint density at radius 1 is 1.00 bits per heavy atom. The van der Waals surface area contributed by atoms with E-state index in [9.17, 15) is 8.78 Å². The summed E-state index contributed by atoms with van der Waals surface area (Å²) in [4.78, 5) is 14.1. The molecule has 3 heterocycles. The number of hydrogen-bond acceptors (Lipinski definition) is 5. The average Bonchev–Trinajstić information content (AvgIpc) is 3.40. The molecule has 0 aliphatic rings. The maximum Gasteiger partial charge on any atom is 0.139 e. The van der Waals surface area contributed by atoms with Crippen LogP contribution in [-0.4, -0.2) is 19.5 Å². The van der Waals surface area contributed by atoms with E-state index in [1.165, 1.54) is 35.9 Å². The molecule has 0 radical (unpaired) electrons. The zero-order chi connectivity index (χ0) is 21.4. The maximum atomic E-state index is 14.8. The van der Waals surface area contributed by atoms with Crippen molar-refractivity contribution in [2.45, 2.75) is 6.04 Å². The lowest BCUT2D eigenvalue weighted by atomic mass is 10.0. The molecule has 0 amide bonds. The molecule has 8 heteroatoms. The van der Waals surface area contributed by atoms with E-state index in [4.69, 9.17) is 0 Å². The summed E-state index contributed by atoms with van der Waals surface area (Å²) >= 11 is 1.47. The Labute approximate surface area is 181 Å². The van der Waals surface area contributed by atoms with Gasteiger partial charge in [-0.1, -0.05) is 30.3 Å². The molecular formula is C23H17F2N5S. The minimum Gasteiger partial charge on any atom is -0.355 e. The minimum absolute atomic E-state index is 0.299. The maximum absolute atomic E-state index is 14.8. The molecule has 1 unspecified atom stereocenters. The number of thiophene rings is 1. The molecule has 3 aromatic heterocycles. The highest BCUT2D eigenvalue weighted by molar-refractivity contribution is 7.17. The molecule has 2 aromatic carbocycles. The van der Waals surface area contributed by atoms with Crippen LogP contribution in [0.15, 0.2) is 72.6 Å². The summed E-state index contributed by atoms with van der Waals surface area (Å²) in [5, 5.41) is 6.16. The van der Waals surface area contributed by atoms with Gasteiger partial charge in [-0.05, 0) is 23.8 Å². The van der Waals surface area contributed by atoms with Crippen LogP contribution in [-0.2, 0) is 7.05 Å². The Hall–Kier alpha value is -3.65. The predicted molar refractivity (Wildman–Crippen MR) is 118 cm³/mol. The Bertz CT molecular complexity index is 1360. The molecule has 1 N–H and O–H groups in total. The SMILES string of the molecule is Cn1ccnc1C(Nc1ncnc2scc(-c3ccc(F)cc3)c12)c1ccccc1F. The lowest BCUT2D eigenvalue weighted by Crippen LogP contribution is -2.19. The lowest BCUT2D eigenvalue weighted by Gasteiger charge is -2.21. The molecule has 0 aliphatic carbocycles. The van der Waals surface area contributed by atoms with Crippen molar-refractivity contribution in [2.24, 2.45) is 7.05 Å². The van der Waals surface area contributed by atoms with Gasteiger partial charge in [0.1, 0.15) is 40.5 Å². The summed E-state index contributed by atoms with van der Waals surface area (Å²) in [5.74, 6) is 0.571. The summed E-state index contributed by atoms with van der Waals surface area (Å²) in [6.45, 7) is 0. The Morgan fingerprint density at radius 2 is 1.81 bits per heavy atom. The third kappa shape index (κ3) is 3.55. The molecule has 154 valence electrons. The fourth-order valence-electron chi connectivity index (χ4n) is 3.61. The Kier molecular flexibility index (Phi) is 4.91. The first-order valence-electron chi connectivity index (χ1n) is 9.58. The topological polar surface area (TPSA) is 55.6 Å². The Balaban J connectivity index is 1.66. The zero-order valence-electron chi connectivity index (χ0n) is 16.5. The molecule has 5 nitrogen and oxygen atoms in total. The quantitative estimate of drug-likeness (QED) is 0.394. The third-order valence-electron chi connectivity index (χ3n) is 5.14. The van der Waals surface area contributed by atoms with E-state index in [0.717, 1.165) is 21.3 Å². The summed E-state index contributed by atoms with van der Waals surface area (Å²) in [5.41, 5.74) is 2.20. The number of rotatable bonds is 5. The van der Waals surface area contributed by atoms with Gasteiger partial charge in [-0.25, -0.2) is 23.7 Å². The van der Waals surface area contributed by atoms with E-state index in [0.29, 0.717) is 17.2 Å². The van der Waals surface area contributed by atoms with Crippen molar-refractivity contribution in [2.75, 3.05) is 5.32 Å². The van der Waals surface area contributed by atoms with Crippen molar-refractivity contribution in [3.63, 3.8) is 0 Å². The van der Waals surface area contributed by atoms with Gasteiger partial charge in [0.25, 0.3) is 0 Å². The first kappa shape index (κ1) is 19.3. The first-order chi connectivity index (χ1) is 15.1. The van der Waals surface area contributed by atoms with E-state index in [-0.39, 0.29) is 11.6 Å². The summed E-state index contributed by atoms with van der Waals surface area (Å²) in [6.07, 6.45) is 4.97. The molecule has 0 spiro atoms. The number of halogens is 2. The van der Waals surface area contributed by atoms with Gasteiger partial charge in [0, 0.05) is 35.9 Å². The van der Waals surface area contributed by atoms with Crippen LogP contribution in [0.1, 0.15) is 17.4 Å². The lowest BCUT2D eigenvalue weighted by molar-refractivity contribution is 0.596. The number of benzene rings is 2. The number of nitrogens with zero attached hydrogens (tertiary/aromatic N) is 4. The largest absolute Gasteiger partial charge is 0.355 e. The van der Waals surface area contributed by atoms with Crippen LogP contribution >= 0.6 is 11.3 Å². The molecule has 31 heavy (non-hydrogen) atoms. The van der Waals surface area contributed by atoms with Gasteiger partial charge in [0.05, 0.1) is 5.39 Å². The number of fused-ring (bicyclic) bond motifs is 1. The van der Waals surface area contributed by atoms with Gasteiger partial charge in [-0.15, -0.1) is 11.3 Å². The normalized spacial score (nSPS) is 12.2. The van der Waals surface area contributed by atoms with E-state index in [1.54, 1.807) is 36.5 Å². The molecule has 0 saturated heterocycles. The van der Waals surface area contributed by atoms with Gasteiger partial charge in [0.15, 0.2) is 0 Å². The number of nitrogens with one attached hydrogen (secondary N) is 1. The third-order valence-corrected chi connectivity index (χ3v) is 6.03. The van der Waals surface area contributed by atoms with E-state index < -0.39 is 6.04 Å². The van der Waals surface area contributed by atoms with Crippen molar-refractivity contribution in [1.29, 1.82) is 0 Å². The van der Waals surface area contributed by atoms with Crippen molar-refractivity contribution in [3.8, 4) is 11.1 Å². The highest BCUT2D eigenvalue weighted by atomic mass is 32.1. The van der Waals surface area contributed by atoms with E-state index in [1.807, 2.05) is 23.2 Å². The number of hydrogen-bond donors (Lipinski definition) is 1. The van der Waals surface area contributed by atoms with Crippen LogP contribution in [0, 0.1) is 11.6 Å². The van der Waals surface area contributed by atoms with Gasteiger partial charge in [-0.2, -0.15) is 0 Å². The second kappa shape index (κ2) is 7.88. The number of imidazole rings is 1. The second-order valence-electron chi connectivity index (χ2n) is 7.05. The second-order valence-corrected chi connectivity index (χ2v) is 7.91. The molecule has 5 aromatic rings. The molecule has 0 fully saturated rings. The van der Waals surface area contributed by atoms with Gasteiger partial charge < -0.3 is 9.88 Å². The fraction of sp³-hybridized carbons (Fsp3) is 0.0870. The van der Waals surface area contributed by atoms with Crippen LogP contribution < -0.4 is 5.32 Å². The van der Waals surface area contributed by atoms with Gasteiger partial charge >= 0.3 is 0 Å². The standard InChI is InChI=1S/C23H17F2N5S/c1-30-11-10-26-22(30)20(16-4-2-3-5-18(16)25)29-21-19-17(12-31-23(19)28-13-27-21)14-6-8-15(24)9-7-14/h2-13,20H,1H3,(H,27,28,29). The Morgan fingerprint density at radius 3 is 2.55 bits per heavy atom. The molecule has 0 aliphatic heterocycles. The first-order valence-corrected chi connectivity index (χ1v) is 10.5. The van der Waals surface area contributed by atoms with Crippen LogP contribution in [0.4, 0.5) is 14.6 Å². The number of aromatic nitrogens is 4. The predicted octanol–water partition coefficient (Wildman–Crippen LogP) is 5.57. The number of anilines is 1. The van der Waals surface area contributed by atoms with Gasteiger partial charge in [-0.3, -0.25) is 0 Å². The van der Waals surface area contributed by atoms with E-state index >= 15 is 0 Å². The van der Waals surface area contributed by atoms with Crippen LogP contribution in [0.2, 0.25) is 0 Å². The van der Waals surface area contributed by atoms with Crippen LogP contribution in [0.25, 0.3) is 21.3 Å². The summed E-state index contributed by atoms with van der Waals surface area (Å²) in [7, 11) is 1.86. The van der Waals surface area contributed by atoms with Crippen molar-refractivity contribution >= 4 is 27.4 Å². The van der Waals surface area contributed by atoms with Crippen molar-refractivity contribution in [3.05, 3.63) is 95.7 Å². The van der Waals surface area contributed by atoms with Crippen molar-refractivity contribution in [1.82, 2.24) is 19.5 Å². The van der Waals surface area contributed by atoms with Gasteiger partial charge in [0.2, 0.25) is 0 Å².